The van der Waals surface area contributed by atoms with Gasteiger partial charge >= 0.3 is 0 Å². The molecule has 2 aromatic rings. The van der Waals surface area contributed by atoms with E-state index in [4.69, 9.17) is 9.15 Å². The zero-order valence-corrected chi connectivity index (χ0v) is 11.8. The topological polar surface area (TPSA) is 51.5 Å². The van der Waals surface area contributed by atoms with Crippen LogP contribution in [0.5, 0.6) is 0 Å². The molecule has 0 aliphatic rings. The van der Waals surface area contributed by atoms with Crippen LogP contribution in [0.2, 0.25) is 0 Å². The first-order valence-electron chi connectivity index (χ1n) is 5.59. The lowest BCUT2D eigenvalue weighted by atomic mass is 10.1. The zero-order valence-electron chi connectivity index (χ0n) is 10.2. The minimum absolute atomic E-state index is 0.211. The van der Waals surface area contributed by atoms with Crippen LogP contribution in [0.15, 0.2) is 27.1 Å². The SMILES string of the molecule is COCCNC(=O)c1oc2ccc(Br)cc2c1C. The predicted octanol–water partition coefficient (Wildman–Crippen LogP) is 2.88. The summed E-state index contributed by atoms with van der Waals surface area (Å²) in [5, 5.41) is 3.69. The molecule has 1 amide bonds. The van der Waals surface area contributed by atoms with E-state index in [2.05, 4.69) is 21.2 Å². The molecule has 0 saturated carbocycles. The van der Waals surface area contributed by atoms with E-state index >= 15 is 0 Å². The Bertz CT molecular complexity index is 577. The lowest BCUT2D eigenvalue weighted by Gasteiger charge is -2.02. The normalized spacial score (nSPS) is 10.8. The third-order valence-electron chi connectivity index (χ3n) is 2.70. The molecule has 1 aromatic carbocycles. The minimum atomic E-state index is -0.211. The number of halogens is 1. The molecule has 0 saturated heterocycles. The summed E-state index contributed by atoms with van der Waals surface area (Å²) in [5.41, 5.74) is 1.56. The second kappa shape index (κ2) is 5.54. The van der Waals surface area contributed by atoms with E-state index in [0.717, 1.165) is 15.4 Å². The van der Waals surface area contributed by atoms with E-state index in [9.17, 15) is 4.79 Å². The number of nitrogens with one attached hydrogen (secondary N) is 1. The quantitative estimate of drug-likeness (QED) is 0.883. The number of carbonyl (C=O) groups excluding carboxylic acids is 1. The molecule has 0 aliphatic carbocycles. The van der Waals surface area contributed by atoms with Gasteiger partial charge in [0.2, 0.25) is 0 Å². The monoisotopic (exact) mass is 311 g/mol. The average molecular weight is 312 g/mol. The maximum absolute atomic E-state index is 11.9. The molecule has 18 heavy (non-hydrogen) atoms. The number of rotatable bonds is 4. The highest BCUT2D eigenvalue weighted by atomic mass is 79.9. The van der Waals surface area contributed by atoms with Gasteiger partial charge in [-0.1, -0.05) is 15.9 Å². The largest absolute Gasteiger partial charge is 0.451 e. The molecule has 1 N–H and O–H groups in total. The van der Waals surface area contributed by atoms with Crippen molar-refractivity contribution in [3.63, 3.8) is 0 Å². The molecular weight excluding hydrogens is 298 g/mol. The van der Waals surface area contributed by atoms with Gasteiger partial charge in [0.1, 0.15) is 5.58 Å². The molecule has 0 bridgehead atoms. The number of fused-ring (bicyclic) bond motifs is 1. The number of ether oxygens (including phenoxy) is 1. The number of carbonyl (C=O) groups is 1. The molecule has 0 fully saturated rings. The highest BCUT2D eigenvalue weighted by Crippen LogP contribution is 2.27. The molecule has 2 rings (SSSR count). The first-order chi connectivity index (χ1) is 8.63. The third-order valence-corrected chi connectivity index (χ3v) is 3.19. The lowest BCUT2D eigenvalue weighted by Crippen LogP contribution is -2.27. The van der Waals surface area contributed by atoms with Crippen LogP contribution in [-0.4, -0.2) is 26.2 Å². The fourth-order valence-corrected chi connectivity index (χ4v) is 2.12. The highest BCUT2D eigenvalue weighted by molar-refractivity contribution is 9.10. The molecule has 1 aromatic heterocycles. The van der Waals surface area contributed by atoms with Gasteiger partial charge in [-0.15, -0.1) is 0 Å². The second-order valence-corrected chi connectivity index (χ2v) is 4.86. The lowest BCUT2D eigenvalue weighted by molar-refractivity contribution is 0.0911. The Morgan fingerprint density at radius 2 is 2.28 bits per heavy atom. The minimum Gasteiger partial charge on any atom is -0.451 e. The van der Waals surface area contributed by atoms with Crippen molar-refractivity contribution in [2.45, 2.75) is 6.92 Å². The first-order valence-corrected chi connectivity index (χ1v) is 6.38. The van der Waals surface area contributed by atoms with Gasteiger partial charge in [0.25, 0.3) is 5.91 Å². The zero-order chi connectivity index (χ0) is 13.1. The maximum atomic E-state index is 11.9. The van der Waals surface area contributed by atoms with E-state index < -0.39 is 0 Å². The Kier molecular flexibility index (Phi) is 4.04. The van der Waals surface area contributed by atoms with Crippen molar-refractivity contribution in [1.82, 2.24) is 5.32 Å². The summed E-state index contributed by atoms with van der Waals surface area (Å²) in [6.45, 7) is 2.83. The van der Waals surface area contributed by atoms with E-state index in [1.807, 2.05) is 25.1 Å². The van der Waals surface area contributed by atoms with Crippen LogP contribution in [0.3, 0.4) is 0 Å². The highest BCUT2D eigenvalue weighted by Gasteiger charge is 2.17. The molecule has 0 unspecified atom stereocenters. The van der Waals surface area contributed by atoms with Crippen LogP contribution in [0.25, 0.3) is 11.0 Å². The van der Waals surface area contributed by atoms with Crippen LogP contribution >= 0.6 is 15.9 Å². The van der Waals surface area contributed by atoms with Crippen LogP contribution in [-0.2, 0) is 4.74 Å². The number of amides is 1. The summed E-state index contributed by atoms with van der Waals surface area (Å²) in [7, 11) is 1.59. The summed E-state index contributed by atoms with van der Waals surface area (Å²) in [4.78, 5) is 11.9. The van der Waals surface area contributed by atoms with Gasteiger partial charge in [0.15, 0.2) is 5.76 Å². The smallest absolute Gasteiger partial charge is 0.287 e. The summed E-state index contributed by atoms with van der Waals surface area (Å²) < 4.78 is 11.4. The standard InChI is InChI=1S/C13H14BrNO3/c1-8-10-7-9(14)3-4-11(10)18-12(8)13(16)15-5-6-17-2/h3-4,7H,5-6H2,1-2H3,(H,15,16). The van der Waals surface area contributed by atoms with Gasteiger partial charge < -0.3 is 14.5 Å². The van der Waals surface area contributed by atoms with Crippen molar-refractivity contribution in [1.29, 1.82) is 0 Å². The van der Waals surface area contributed by atoms with E-state index in [0.29, 0.717) is 24.5 Å². The Morgan fingerprint density at radius 3 is 3.00 bits per heavy atom. The van der Waals surface area contributed by atoms with Crippen molar-refractivity contribution in [2.75, 3.05) is 20.3 Å². The van der Waals surface area contributed by atoms with Crippen molar-refractivity contribution in [3.8, 4) is 0 Å². The predicted molar refractivity (Wildman–Crippen MR) is 72.9 cm³/mol. The van der Waals surface area contributed by atoms with Crippen LogP contribution in [0.1, 0.15) is 16.1 Å². The molecule has 1 heterocycles. The molecule has 5 heteroatoms. The second-order valence-electron chi connectivity index (χ2n) is 3.95. The molecule has 0 aliphatic heterocycles. The number of benzene rings is 1. The number of hydrogen-bond donors (Lipinski definition) is 1. The average Bonchev–Trinajstić information content (AvgIpc) is 2.67. The van der Waals surface area contributed by atoms with Gasteiger partial charge in [-0.05, 0) is 25.1 Å². The van der Waals surface area contributed by atoms with Crippen molar-refractivity contribution < 1.29 is 13.9 Å². The number of furan rings is 1. The Labute approximate surface area is 113 Å². The van der Waals surface area contributed by atoms with Crippen LogP contribution in [0, 0.1) is 6.92 Å². The van der Waals surface area contributed by atoms with Crippen LogP contribution in [0.4, 0.5) is 0 Å². The molecule has 0 spiro atoms. The fourth-order valence-electron chi connectivity index (χ4n) is 1.76. The summed E-state index contributed by atoms with van der Waals surface area (Å²) >= 11 is 3.41. The van der Waals surface area contributed by atoms with Crippen molar-refractivity contribution in [3.05, 3.63) is 34.0 Å². The van der Waals surface area contributed by atoms with Gasteiger partial charge in [-0.2, -0.15) is 0 Å². The van der Waals surface area contributed by atoms with E-state index in [1.165, 1.54) is 0 Å². The molecule has 96 valence electrons. The number of methoxy groups -OCH3 is 1. The molecule has 0 radical (unpaired) electrons. The molecule has 4 nitrogen and oxygen atoms in total. The Balaban J connectivity index is 2.28. The maximum Gasteiger partial charge on any atom is 0.287 e. The fraction of sp³-hybridized carbons (Fsp3) is 0.308. The van der Waals surface area contributed by atoms with Gasteiger partial charge in [0.05, 0.1) is 6.61 Å². The number of hydrogen-bond acceptors (Lipinski definition) is 3. The van der Waals surface area contributed by atoms with Gasteiger partial charge in [-0.25, -0.2) is 0 Å². The molecule has 0 atom stereocenters. The van der Waals surface area contributed by atoms with Gasteiger partial charge in [0, 0.05) is 29.1 Å². The van der Waals surface area contributed by atoms with E-state index in [1.54, 1.807) is 7.11 Å². The van der Waals surface area contributed by atoms with Crippen molar-refractivity contribution in [2.24, 2.45) is 0 Å². The Morgan fingerprint density at radius 1 is 1.50 bits per heavy atom. The van der Waals surface area contributed by atoms with Crippen molar-refractivity contribution >= 4 is 32.8 Å². The first kappa shape index (κ1) is 13.1. The molecular formula is C13H14BrNO3. The summed E-state index contributed by atoms with van der Waals surface area (Å²) in [6, 6.07) is 5.68. The summed E-state index contributed by atoms with van der Waals surface area (Å²) in [5.74, 6) is 0.149. The third kappa shape index (κ3) is 2.57. The van der Waals surface area contributed by atoms with E-state index in [-0.39, 0.29) is 5.91 Å². The Hall–Kier alpha value is -1.33. The van der Waals surface area contributed by atoms with Crippen LogP contribution < -0.4 is 5.32 Å². The summed E-state index contributed by atoms with van der Waals surface area (Å²) in [6.07, 6.45) is 0. The van der Waals surface area contributed by atoms with Gasteiger partial charge in [-0.3, -0.25) is 4.79 Å². The number of aryl methyl sites for hydroxylation is 1.